The Bertz CT molecular complexity index is 995. The molecule has 27 heavy (non-hydrogen) atoms. The first-order valence-corrected chi connectivity index (χ1v) is 9.09. The van der Waals surface area contributed by atoms with Crippen molar-refractivity contribution >= 4 is 11.7 Å². The van der Waals surface area contributed by atoms with Crippen molar-refractivity contribution in [1.29, 1.82) is 0 Å². The molecule has 5 heteroatoms. The van der Waals surface area contributed by atoms with Gasteiger partial charge in [-0.2, -0.15) is 0 Å². The fourth-order valence-electron chi connectivity index (χ4n) is 3.81. The summed E-state index contributed by atoms with van der Waals surface area (Å²) in [4.78, 5) is 14.8. The molecule has 0 fully saturated rings. The van der Waals surface area contributed by atoms with Gasteiger partial charge in [0, 0.05) is 25.0 Å². The van der Waals surface area contributed by atoms with Crippen LogP contribution in [-0.4, -0.2) is 22.0 Å². The SMILES string of the molecule is Cc1ccc(C2c3cccn3CCN2C(=O)Nc2ccccc2F)c(C)c1. The van der Waals surface area contributed by atoms with Crippen LogP contribution in [-0.2, 0) is 6.54 Å². The molecule has 3 aromatic rings. The third-order valence-corrected chi connectivity index (χ3v) is 5.13. The topological polar surface area (TPSA) is 37.3 Å². The van der Waals surface area contributed by atoms with E-state index in [0.29, 0.717) is 13.1 Å². The first-order chi connectivity index (χ1) is 13.0. The van der Waals surface area contributed by atoms with Crippen LogP contribution in [0.1, 0.15) is 28.4 Å². The van der Waals surface area contributed by atoms with E-state index in [2.05, 4.69) is 41.9 Å². The zero-order chi connectivity index (χ0) is 19.0. The van der Waals surface area contributed by atoms with Gasteiger partial charge in [-0.1, -0.05) is 35.9 Å². The van der Waals surface area contributed by atoms with Crippen molar-refractivity contribution in [3.05, 3.63) is 89.0 Å². The molecule has 1 atom stereocenters. The van der Waals surface area contributed by atoms with Gasteiger partial charge in [-0.05, 0) is 49.2 Å². The second kappa shape index (κ2) is 6.91. The molecule has 2 heterocycles. The van der Waals surface area contributed by atoms with Crippen LogP contribution in [0.5, 0.6) is 0 Å². The first kappa shape index (κ1) is 17.3. The lowest BCUT2D eigenvalue weighted by atomic mass is 9.94. The van der Waals surface area contributed by atoms with Gasteiger partial charge in [0.05, 0.1) is 11.7 Å². The van der Waals surface area contributed by atoms with Crippen LogP contribution >= 0.6 is 0 Å². The highest BCUT2D eigenvalue weighted by molar-refractivity contribution is 5.90. The first-order valence-electron chi connectivity index (χ1n) is 9.09. The highest BCUT2D eigenvalue weighted by atomic mass is 19.1. The Kier molecular flexibility index (Phi) is 4.44. The largest absolute Gasteiger partial charge is 0.348 e. The molecule has 0 saturated heterocycles. The minimum Gasteiger partial charge on any atom is -0.348 e. The fraction of sp³-hybridized carbons (Fsp3) is 0.227. The van der Waals surface area contributed by atoms with Crippen molar-refractivity contribution in [1.82, 2.24) is 9.47 Å². The molecular formula is C22H22FN3O. The minimum absolute atomic E-state index is 0.197. The van der Waals surface area contributed by atoms with E-state index in [9.17, 15) is 9.18 Å². The molecule has 0 saturated carbocycles. The number of nitrogens with zero attached hydrogens (tertiary/aromatic N) is 2. The summed E-state index contributed by atoms with van der Waals surface area (Å²) in [7, 11) is 0. The summed E-state index contributed by atoms with van der Waals surface area (Å²) >= 11 is 0. The number of benzene rings is 2. The molecule has 2 amide bonds. The van der Waals surface area contributed by atoms with Gasteiger partial charge in [0.15, 0.2) is 0 Å². The Hall–Kier alpha value is -3.08. The van der Waals surface area contributed by atoms with Crippen LogP contribution in [0.25, 0.3) is 0 Å². The molecule has 2 aromatic carbocycles. The van der Waals surface area contributed by atoms with Crippen molar-refractivity contribution < 1.29 is 9.18 Å². The Morgan fingerprint density at radius 1 is 1.07 bits per heavy atom. The van der Waals surface area contributed by atoms with Gasteiger partial charge in [0.2, 0.25) is 0 Å². The maximum atomic E-state index is 14.0. The number of halogens is 1. The van der Waals surface area contributed by atoms with E-state index >= 15 is 0 Å². The number of urea groups is 1. The molecule has 0 spiro atoms. The summed E-state index contributed by atoms with van der Waals surface area (Å²) in [5.74, 6) is -0.436. The Labute approximate surface area is 158 Å². The lowest BCUT2D eigenvalue weighted by Gasteiger charge is -2.38. The lowest BCUT2D eigenvalue weighted by molar-refractivity contribution is 0.181. The zero-order valence-electron chi connectivity index (χ0n) is 15.4. The van der Waals surface area contributed by atoms with Crippen molar-refractivity contribution in [3.8, 4) is 0 Å². The fourth-order valence-corrected chi connectivity index (χ4v) is 3.81. The number of amides is 2. The maximum absolute atomic E-state index is 14.0. The van der Waals surface area contributed by atoms with Crippen molar-refractivity contribution in [2.75, 3.05) is 11.9 Å². The summed E-state index contributed by atoms with van der Waals surface area (Å²) < 4.78 is 16.2. The van der Waals surface area contributed by atoms with Gasteiger partial charge >= 0.3 is 6.03 Å². The molecule has 1 N–H and O–H groups in total. The molecular weight excluding hydrogens is 341 g/mol. The third kappa shape index (κ3) is 3.21. The summed E-state index contributed by atoms with van der Waals surface area (Å²) in [5.41, 5.74) is 4.67. The number of fused-ring (bicyclic) bond motifs is 1. The summed E-state index contributed by atoms with van der Waals surface area (Å²) in [6.07, 6.45) is 2.04. The molecule has 138 valence electrons. The molecule has 1 aliphatic rings. The van der Waals surface area contributed by atoms with E-state index in [4.69, 9.17) is 0 Å². The second-order valence-corrected chi connectivity index (χ2v) is 6.99. The molecule has 1 aromatic heterocycles. The predicted octanol–water partition coefficient (Wildman–Crippen LogP) is 4.88. The zero-order valence-corrected chi connectivity index (χ0v) is 15.4. The normalized spacial score (nSPS) is 16.1. The Morgan fingerprint density at radius 3 is 2.67 bits per heavy atom. The van der Waals surface area contributed by atoms with Gasteiger partial charge < -0.3 is 14.8 Å². The predicted molar refractivity (Wildman–Crippen MR) is 104 cm³/mol. The van der Waals surface area contributed by atoms with Crippen molar-refractivity contribution in [3.63, 3.8) is 0 Å². The summed E-state index contributed by atoms with van der Waals surface area (Å²) in [6, 6.07) is 16.1. The average Bonchev–Trinajstić information content (AvgIpc) is 3.12. The average molecular weight is 363 g/mol. The van der Waals surface area contributed by atoms with E-state index in [1.165, 1.54) is 11.6 Å². The Morgan fingerprint density at radius 2 is 1.89 bits per heavy atom. The quantitative estimate of drug-likeness (QED) is 0.692. The van der Waals surface area contributed by atoms with Crippen LogP contribution in [0.2, 0.25) is 0 Å². The van der Waals surface area contributed by atoms with E-state index < -0.39 is 5.82 Å². The highest BCUT2D eigenvalue weighted by Crippen LogP contribution is 2.35. The molecule has 1 unspecified atom stereocenters. The minimum atomic E-state index is -0.436. The lowest BCUT2D eigenvalue weighted by Crippen LogP contribution is -2.44. The molecule has 4 rings (SSSR count). The van der Waals surface area contributed by atoms with Gasteiger partial charge in [0.1, 0.15) is 5.82 Å². The number of carbonyl (C=O) groups excluding carboxylic acids is 1. The third-order valence-electron chi connectivity index (χ3n) is 5.13. The number of aromatic nitrogens is 1. The Balaban J connectivity index is 1.72. The van der Waals surface area contributed by atoms with Crippen LogP contribution in [0.4, 0.5) is 14.9 Å². The number of rotatable bonds is 2. The molecule has 0 bridgehead atoms. The smallest absolute Gasteiger partial charge is 0.322 e. The summed E-state index contributed by atoms with van der Waals surface area (Å²) in [6.45, 7) is 5.40. The molecule has 0 radical (unpaired) electrons. The second-order valence-electron chi connectivity index (χ2n) is 6.99. The van der Waals surface area contributed by atoms with Crippen LogP contribution in [0, 0.1) is 19.7 Å². The van der Waals surface area contributed by atoms with Crippen LogP contribution in [0.15, 0.2) is 60.8 Å². The van der Waals surface area contributed by atoms with Crippen LogP contribution in [0.3, 0.4) is 0 Å². The van der Waals surface area contributed by atoms with Crippen LogP contribution < -0.4 is 5.32 Å². The van der Waals surface area contributed by atoms with Gasteiger partial charge in [-0.25, -0.2) is 9.18 Å². The number of nitrogens with one attached hydrogen (secondary N) is 1. The molecule has 4 nitrogen and oxygen atoms in total. The monoisotopic (exact) mass is 363 g/mol. The number of hydrogen-bond acceptors (Lipinski definition) is 1. The standard InChI is InChI=1S/C22H22FN3O/c1-15-9-10-17(16(2)14-15)21-20-8-5-11-25(20)12-13-26(21)22(27)24-19-7-4-3-6-18(19)23/h3-11,14,21H,12-13H2,1-2H3,(H,24,27). The molecule has 1 aliphatic heterocycles. The van der Waals surface area contributed by atoms with Crippen molar-refractivity contribution in [2.24, 2.45) is 0 Å². The van der Waals surface area contributed by atoms with E-state index in [1.54, 1.807) is 23.1 Å². The van der Waals surface area contributed by atoms with Gasteiger partial charge in [-0.3, -0.25) is 0 Å². The molecule has 0 aliphatic carbocycles. The number of aryl methyl sites for hydroxylation is 2. The number of anilines is 1. The summed E-state index contributed by atoms with van der Waals surface area (Å²) in [5, 5.41) is 2.74. The van der Waals surface area contributed by atoms with E-state index in [-0.39, 0.29) is 17.8 Å². The maximum Gasteiger partial charge on any atom is 0.322 e. The van der Waals surface area contributed by atoms with E-state index in [0.717, 1.165) is 16.8 Å². The van der Waals surface area contributed by atoms with Gasteiger partial charge in [-0.15, -0.1) is 0 Å². The number of carbonyl (C=O) groups is 1. The van der Waals surface area contributed by atoms with Crippen molar-refractivity contribution in [2.45, 2.75) is 26.4 Å². The number of hydrogen-bond donors (Lipinski definition) is 1. The highest BCUT2D eigenvalue weighted by Gasteiger charge is 2.33. The van der Waals surface area contributed by atoms with E-state index in [1.807, 2.05) is 18.3 Å². The number of para-hydroxylation sites is 1. The van der Waals surface area contributed by atoms with Gasteiger partial charge in [0.25, 0.3) is 0 Å².